The van der Waals surface area contributed by atoms with Crippen LogP contribution in [0.4, 0.5) is 0 Å². The number of rotatable bonds is 2. The van der Waals surface area contributed by atoms with Gasteiger partial charge in [-0.3, -0.25) is 19.2 Å². The molecule has 8 heteroatoms. The first-order valence-corrected chi connectivity index (χ1v) is 7.71. The minimum Gasteiger partial charge on any atom is -0.344 e. The third-order valence-corrected chi connectivity index (χ3v) is 4.49. The van der Waals surface area contributed by atoms with Gasteiger partial charge < -0.3 is 20.4 Å². The van der Waals surface area contributed by atoms with Crippen molar-refractivity contribution in [2.45, 2.75) is 37.8 Å². The lowest BCUT2D eigenvalue weighted by atomic mass is 10.1. The Labute approximate surface area is 128 Å². The third-order valence-electron chi connectivity index (χ3n) is 4.49. The summed E-state index contributed by atoms with van der Waals surface area (Å²) in [5, 5.41) is 5.35. The van der Waals surface area contributed by atoms with E-state index in [9.17, 15) is 19.2 Å². The molecule has 22 heavy (non-hydrogen) atoms. The van der Waals surface area contributed by atoms with Crippen molar-refractivity contribution in [3.8, 4) is 0 Å². The van der Waals surface area contributed by atoms with Gasteiger partial charge in [-0.1, -0.05) is 0 Å². The second-order valence-corrected chi connectivity index (χ2v) is 5.97. The molecule has 0 bridgehead atoms. The zero-order valence-electron chi connectivity index (χ0n) is 12.3. The van der Waals surface area contributed by atoms with Crippen molar-refractivity contribution >= 4 is 23.6 Å². The molecule has 3 saturated heterocycles. The SMILES string of the molecule is O=C1CC[C@@H](C(=O)N2CCN(C(=O)[C@@H]3CCC(=O)N3)CC2)N1. The molecule has 3 aliphatic heterocycles. The van der Waals surface area contributed by atoms with Gasteiger partial charge in [-0.25, -0.2) is 0 Å². The molecule has 120 valence electrons. The maximum absolute atomic E-state index is 12.3. The van der Waals surface area contributed by atoms with E-state index in [0.717, 1.165) is 0 Å². The molecule has 0 unspecified atom stereocenters. The van der Waals surface area contributed by atoms with E-state index in [1.165, 1.54) is 0 Å². The molecule has 4 amide bonds. The fourth-order valence-corrected chi connectivity index (χ4v) is 3.19. The van der Waals surface area contributed by atoms with Gasteiger partial charge >= 0.3 is 0 Å². The number of hydrogen-bond acceptors (Lipinski definition) is 4. The molecule has 3 aliphatic rings. The van der Waals surface area contributed by atoms with E-state index < -0.39 is 12.1 Å². The van der Waals surface area contributed by atoms with Gasteiger partial charge in [0.2, 0.25) is 23.6 Å². The van der Waals surface area contributed by atoms with Gasteiger partial charge in [0.25, 0.3) is 0 Å². The summed E-state index contributed by atoms with van der Waals surface area (Å²) >= 11 is 0. The monoisotopic (exact) mass is 308 g/mol. The van der Waals surface area contributed by atoms with Crippen molar-refractivity contribution in [2.24, 2.45) is 0 Å². The predicted octanol–water partition coefficient (Wildman–Crippen LogP) is -1.79. The average molecular weight is 308 g/mol. The number of piperazine rings is 1. The van der Waals surface area contributed by atoms with Crippen molar-refractivity contribution in [3.63, 3.8) is 0 Å². The van der Waals surface area contributed by atoms with E-state index in [2.05, 4.69) is 10.6 Å². The zero-order valence-corrected chi connectivity index (χ0v) is 12.3. The van der Waals surface area contributed by atoms with E-state index in [0.29, 0.717) is 51.9 Å². The molecule has 0 aliphatic carbocycles. The van der Waals surface area contributed by atoms with E-state index in [4.69, 9.17) is 0 Å². The van der Waals surface area contributed by atoms with E-state index in [-0.39, 0.29) is 23.6 Å². The first-order valence-electron chi connectivity index (χ1n) is 7.71. The maximum atomic E-state index is 12.3. The predicted molar refractivity (Wildman–Crippen MR) is 75.5 cm³/mol. The molecular formula is C14H20N4O4. The normalized spacial score (nSPS) is 28.5. The van der Waals surface area contributed by atoms with Crippen molar-refractivity contribution in [1.82, 2.24) is 20.4 Å². The standard InChI is InChI=1S/C14H20N4O4/c19-11-3-1-9(15-11)13(21)17-5-7-18(8-6-17)14(22)10-2-4-12(20)16-10/h9-10H,1-8H2,(H,15,19)(H,16,20)/t9-,10-/m0/s1. The molecular weight excluding hydrogens is 288 g/mol. The van der Waals surface area contributed by atoms with Gasteiger partial charge in [0.05, 0.1) is 0 Å². The summed E-state index contributed by atoms with van der Waals surface area (Å²) in [5.41, 5.74) is 0. The summed E-state index contributed by atoms with van der Waals surface area (Å²) in [6.45, 7) is 1.88. The highest BCUT2D eigenvalue weighted by Crippen LogP contribution is 2.14. The van der Waals surface area contributed by atoms with Crippen LogP contribution >= 0.6 is 0 Å². The van der Waals surface area contributed by atoms with Crippen LogP contribution in [0.5, 0.6) is 0 Å². The second kappa shape index (κ2) is 5.94. The molecule has 0 aromatic rings. The highest BCUT2D eigenvalue weighted by molar-refractivity contribution is 5.92. The first-order chi connectivity index (χ1) is 10.5. The molecule has 8 nitrogen and oxygen atoms in total. The van der Waals surface area contributed by atoms with Crippen LogP contribution < -0.4 is 10.6 Å². The van der Waals surface area contributed by atoms with Crippen LogP contribution in [0.3, 0.4) is 0 Å². The quantitative estimate of drug-likeness (QED) is 0.630. The molecule has 2 N–H and O–H groups in total. The van der Waals surface area contributed by atoms with Crippen LogP contribution in [-0.2, 0) is 19.2 Å². The highest BCUT2D eigenvalue weighted by Gasteiger charge is 2.35. The van der Waals surface area contributed by atoms with E-state index in [1.807, 2.05) is 0 Å². The second-order valence-electron chi connectivity index (χ2n) is 5.97. The lowest BCUT2D eigenvalue weighted by Gasteiger charge is -2.36. The van der Waals surface area contributed by atoms with Crippen molar-refractivity contribution < 1.29 is 19.2 Å². The minimum absolute atomic E-state index is 0.0629. The van der Waals surface area contributed by atoms with Crippen molar-refractivity contribution in [2.75, 3.05) is 26.2 Å². The Balaban J connectivity index is 1.50. The summed E-state index contributed by atoms with van der Waals surface area (Å²) in [6, 6.07) is -0.826. The van der Waals surface area contributed by atoms with Gasteiger partial charge in [-0.15, -0.1) is 0 Å². The summed E-state index contributed by atoms with van der Waals surface area (Å²) in [6.07, 6.45) is 1.89. The van der Waals surface area contributed by atoms with Crippen LogP contribution in [-0.4, -0.2) is 71.7 Å². The smallest absolute Gasteiger partial charge is 0.245 e. The molecule has 0 aromatic heterocycles. The summed E-state index contributed by atoms with van der Waals surface area (Å²) in [5.74, 6) is -0.285. The summed E-state index contributed by atoms with van der Waals surface area (Å²) in [7, 11) is 0. The summed E-state index contributed by atoms with van der Waals surface area (Å²) < 4.78 is 0. The average Bonchev–Trinajstić information content (AvgIpc) is 3.14. The molecule has 2 atom stereocenters. The number of nitrogens with zero attached hydrogens (tertiary/aromatic N) is 2. The third kappa shape index (κ3) is 2.90. The van der Waals surface area contributed by atoms with Crippen LogP contribution in [0.1, 0.15) is 25.7 Å². The number of carbonyl (C=O) groups is 4. The Bertz CT molecular complexity index is 467. The molecule has 0 spiro atoms. The van der Waals surface area contributed by atoms with Gasteiger partial charge in [0, 0.05) is 39.0 Å². The van der Waals surface area contributed by atoms with Crippen LogP contribution in [0.25, 0.3) is 0 Å². The van der Waals surface area contributed by atoms with Crippen LogP contribution in [0, 0.1) is 0 Å². The number of amides is 4. The van der Waals surface area contributed by atoms with Crippen molar-refractivity contribution in [1.29, 1.82) is 0 Å². The number of carbonyl (C=O) groups excluding carboxylic acids is 4. The molecule has 3 heterocycles. The Morgan fingerprint density at radius 1 is 0.773 bits per heavy atom. The Morgan fingerprint density at radius 2 is 1.14 bits per heavy atom. The Morgan fingerprint density at radius 3 is 1.41 bits per heavy atom. The fourth-order valence-electron chi connectivity index (χ4n) is 3.19. The highest BCUT2D eigenvalue weighted by atomic mass is 16.2. The summed E-state index contributed by atoms with van der Waals surface area (Å²) in [4.78, 5) is 50.3. The molecule has 0 radical (unpaired) electrons. The van der Waals surface area contributed by atoms with Crippen molar-refractivity contribution in [3.05, 3.63) is 0 Å². The first kappa shape index (κ1) is 14.8. The largest absolute Gasteiger partial charge is 0.344 e. The van der Waals surface area contributed by atoms with Gasteiger partial charge in [-0.05, 0) is 12.8 Å². The molecule has 0 aromatic carbocycles. The fraction of sp³-hybridized carbons (Fsp3) is 0.714. The maximum Gasteiger partial charge on any atom is 0.245 e. The van der Waals surface area contributed by atoms with Gasteiger partial charge in [-0.2, -0.15) is 0 Å². The molecule has 3 rings (SSSR count). The number of hydrogen-bond donors (Lipinski definition) is 2. The van der Waals surface area contributed by atoms with Gasteiger partial charge in [0.1, 0.15) is 12.1 Å². The lowest BCUT2D eigenvalue weighted by molar-refractivity contribution is -0.142. The topological polar surface area (TPSA) is 98.8 Å². The molecule has 3 fully saturated rings. The van der Waals surface area contributed by atoms with Gasteiger partial charge in [0.15, 0.2) is 0 Å². The van der Waals surface area contributed by atoms with E-state index >= 15 is 0 Å². The lowest BCUT2D eigenvalue weighted by Crippen LogP contribution is -2.56. The number of nitrogens with one attached hydrogen (secondary N) is 2. The zero-order chi connectivity index (χ0) is 15.7. The Kier molecular flexibility index (Phi) is 4.00. The Hall–Kier alpha value is -2.12. The van der Waals surface area contributed by atoms with Crippen LogP contribution in [0.15, 0.2) is 0 Å². The molecule has 0 saturated carbocycles. The van der Waals surface area contributed by atoms with Crippen LogP contribution in [0.2, 0.25) is 0 Å². The minimum atomic E-state index is -0.413. The van der Waals surface area contributed by atoms with E-state index in [1.54, 1.807) is 9.80 Å².